The van der Waals surface area contributed by atoms with Gasteiger partial charge in [0.1, 0.15) is 0 Å². The summed E-state index contributed by atoms with van der Waals surface area (Å²) in [6.07, 6.45) is 0.836. The van der Waals surface area contributed by atoms with Crippen LogP contribution in [-0.2, 0) is 0 Å². The first kappa shape index (κ1) is 12.7. The van der Waals surface area contributed by atoms with E-state index in [0.29, 0.717) is 0 Å². The predicted octanol–water partition coefficient (Wildman–Crippen LogP) is 3.15. The van der Waals surface area contributed by atoms with Crippen LogP contribution in [0.25, 0.3) is 0 Å². The third-order valence-electron chi connectivity index (χ3n) is 4.08. The van der Waals surface area contributed by atoms with Crippen molar-refractivity contribution in [1.82, 2.24) is 0 Å². The third kappa shape index (κ3) is 1.84. The van der Waals surface area contributed by atoms with Gasteiger partial charge in [-0.2, -0.15) is 0 Å². The van der Waals surface area contributed by atoms with Crippen molar-refractivity contribution in [3.63, 3.8) is 0 Å². The predicted molar refractivity (Wildman–Crippen MR) is 74.4 cm³/mol. The topological polar surface area (TPSA) is 80.9 Å². The monoisotopic (exact) mass is 272 g/mol. The molecule has 0 saturated carbocycles. The molecule has 0 bridgehead atoms. The van der Waals surface area contributed by atoms with Crippen LogP contribution in [0, 0.1) is 0 Å². The fourth-order valence-electron chi connectivity index (χ4n) is 3.02. The molecule has 0 heterocycles. The summed E-state index contributed by atoms with van der Waals surface area (Å²) in [5, 5.41) is 38.3. The van der Waals surface area contributed by atoms with Gasteiger partial charge in [-0.05, 0) is 53.3 Å². The Morgan fingerprint density at radius 3 is 2.05 bits per heavy atom. The van der Waals surface area contributed by atoms with Crippen LogP contribution in [0.3, 0.4) is 0 Å². The van der Waals surface area contributed by atoms with Crippen molar-refractivity contribution >= 4 is 0 Å². The van der Waals surface area contributed by atoms with Crippen LogP contribution in [0.1, 0.15) is 41.9 Å². The molecule has 20 heavy (non-hydrogen) atoms. The second-order valence-electron chi connectivity index (χ2n) is 5.41. The first-order chi connectivity index (χ1) is 9.47. The Bertz CT molecular complexity index is 678. The fraction of sp³-hybridized carbons (Fsp3) is 0.250. The Labute approximate surface area is 116 Å². The summed E-state index contributed by atoms with van der Waals surface area (Å²) in [5.41, 5.74) is 2.85. The van der Waals surface area contributed by atoms with Gasteiger partial charge in [0.2, 0.25) is 0 Å². The number of aromatic hydroxyl groups is 4. The molecule has 4 nitrogen and oxygen atoms in total. The number of hydrogen-bond donors (Lipinski definition) is 4. The van der Waals surface area contributed by atoms with Gasteiger partial charge in [0.15, 0.2) is 23.0 Å². The van der Waals surface area contributed by atoms with Gasteiger partial charge < -0.3 is 20.4 Å². The molecule has 1 aliphatic carbocycles. The molecular weight excluding hydrogens is 256 g/mol. The number of phenolic OH excluding ortho intramolecular Hbond substituents is 4. The quantitative estimate of drug-likeness (QED) is 0.601. The first-order valence-electron chi connectivity index (χ1n) is 6.55. The van der Waals surface area contributed by atoms with Gasteiger partial charge in [0, 0.05) is 5.92 Å². The Morgan fingerprint density at radius 2 is 1.40 bits per heavy atom. The maximum absolute atomic E-state index is 9.69. The van der Waals surface area contributed by atoms with Gasteiger partial charge in [-0.1, -0.05) is 13.0 Å². The Hall–Kier alpha value is -2.36. The van der Waals surface area contributed by atoms with Crippen LogP contribution in [-0.4, -0.2) is 20.4 Å². The van der Waals surface area contributed by atoms with E-state index >= 15 is 0 Å². The molecule has 0 saturated heterocycles. The van der Waals surface area contributed by atoms with Crippen LogP contribution >= 0.6 is 0 Å². The highest BCUT2D eigenvalue weighted by atomic mass is 16.3. The minimum Gasteiger partial charge on any atom is -0.504 e. The summed E-state index contributed by atoms with van der Waals surface area (Å²) in [6, 6.07) is 7.98. The molecule has 1 aliphatic rings. The highest BCUT2D eigenvalue weighted by molar-refractivity contribution is 5.54. The summed E-state index contributed by atoms with van der Waals surface area (Å²) in [5.74, 6) is -0.230. The zero-order valence-corrected chi connectivity index (χ0v) is 11.0. The third-order valence-corrected chi connectivity index (χ3v) is 4.08. The van der Waals surface area contributed by atoms with Gasteiger partial charge in [0.05, 0.1) is 0 Å². The SMILES string of the molecule is C[C@@H]1C[C@@H](c2ccc(O)c(O)c2)c2cc(O)c(O)cc21. The van der Waals surface area contributed by atoms with Crippen molar-refractivity contribution < 1.29 is 20.4 Å². The normalized spacial score (nSPS) is 20.9. The van der Waals surface area contributed by atoms with Crippen LogP contribution in [0.2, 0.25) is 0 Å². The van der Waals surface area contributed by atoms with E-state index in [1.165, 1.54) is 6.07 Å². The number of rotatable bonds is 1. The summed E-state index contributed by atoms with van der Waals surface area (Å²) in [7, 11) is 0. The highest BCUT2D eigenvalue weighted by Crippen LogP contribution is 2.49. The van der Waals surface area contributed by atoms with Gasteiger partial charge >= 0.3 is 0 Å². The minimum atomic E-state index is -0.147. The second kappa shape index (κ2) is 4.34. The number of benzene rings is 2. The molecule has 2 aromatic rings. The summed E-state index contributed by atoms with van der Waals surface area (Å²) in [4.78, 5) is 0. The van der Waals surface area contributed by atoms with Crippen LogP contribution in [0.4, 0.5) is 0 Å². The van der Waals surface area contributed by atoms with Crippen molar-refractivity contribution in [3.8, 4) is 23.0 Å². The summed E-state index contributed by atoms with van der Waals surface area (Å²) < 4.78 is 0. The zero-order valence-electron chi connectivity index (χ0n) is 11.0. The number of fused-ring (bicyclic) bond motifs is 1. The van der Waals surface area contributed by atoms with E-state index in [1.54, 1.807) is 24.3 Å². The first-order valence-corrected chi connectivity index (χ1v) is 6.55. The Kier molecular flexibility index (Phi) is 2.74. The zero-order chi connectivity index (χ0) is 14.4. The van der Waals surface area contributed by atoms with Crippen molar-refractivity contribution in [2.45, 2.75) is 25.2 Å². The molecule has 2 atom stereocenters. The molecule has 0 spiro atoms. The molecule has 0 amide bonds. The van der Waals surface area contributed by atoms with Gasteiger partial charge in [-0.15, -0.1) is 0 Å². The number of hydrogen-bond acceptors (Lipinski definition) is 4. The fourth-order valence-corrected chi connectivity index (χ4v) is 3.02. The molecular formula is C16H16O4. The van der Waals surface area contributed by atoms with Crippen molar-refractivity contribution in [2.24, 2.45) is 0 Å². The standard InChI is InChI=1S/C16H16O4/c1-8-4-11(9-2-3-13(17)14(18)5-9)12-7-16(20)15(19)6-10(8)12/h2-3,5-8,11,17-20H,4H2,1H3/t8-,11+/m1/s1. The van der Waals surface area contributed by atoms with E-state index < -0.39 is 0 Å². The lowest BCUT2D eigenvalue weighted by Gasteiger charge is -2.13. The largest absolute Gasteiger partial charge is 0.504 e. The molecule has 2 aromatic carbocycles. The maximum Gasteiger partial charge on any atom is 0.157 e. The van der Waals surface area contributed by atoms with Gasteiger partial charge in [-0.3, -0.25) is 0 Å². The molecule has 0 unspecified atom stereocenters. The minimum absolute atomic E-state index is 0.0398. The van der Waals surface area contributed by atoms with Crippen molar-refractivity contribution in [2.75, 3.05) is 0 Å². The van der Waals surface area contributed by atoms with Crippen LogP contribution < -0.4 is 0 Å². The summed E-state index contributed by atoms with van der Waals surface area (Å²) >= 11 is 0. The lowest BCUT2D eigenvalue weighted by molar-refractivity contribution is 0.402. The summed E-state index contributed by atoms with van der Waals surface area (Å²) in [6.45, 7) is 2.07. The van der Waals surface area contributed by atoms with Crippen LogP contribution in [0.5, 0.6) is 23.0 Å². The lowest BCUT2D eigenvalue weighted by atomic mass is 9.92. The highest BCUT2D eigenvalue weighted by Gasteiger charge is 2.31. The molecule has 0 fully saturated rings. The van der Waals surface area contributed by atoms with Crippen molar-refractivity contribution in [3.05, 3.63) is 47.0 Å². The molecule has 0 aromatic heterocycles. The lowest BCUT2D eigenvalue weighted by Crippen LogP contribution is -1.96. The van der Waals surface area contributed by atoms with E-state index in [4.69, 9.17) is 0 Å². The average Bonchev–Trinajstić information content (AvgIpc) is 2.71. The molecule has 0 aliphatic heterocycles. The van der Waals surface area contributed by atoms with Crippen molar-refractivity contribution in [1.29, 1.82) is 0 Å². The molecule has 104 valence electrons. The smallest absolute Gasteiger partial charge is 0.157 e. The van der Waals surface area contributed by atoms with E-state index in [2.05, 4.69) is 6.92 Å². The van der Waals surface area contributed by atoms with Gasteiger partial charge in [0.25, 0.3) is 0 Å². The maximum atomic E-state index is 9.69. The van der Waals surface area contributed by atoms with Gasteiger partial charge in [-0.25, -0.2) is 0 Å². The van der Waals surface area contributed by atoms with Crippen LogP contribution in [0.15, 0.2) is 30.3 Å². The molecule has 0 radical (unpaired) electrons. The molecule has 3 rings (SSSR count). The molecule has 4 N–H and O–H groups in total. The Balaban J connectivity index is 2.10. The van der Waals surface area contributed by atoms with E-state index in [0.717, 1.165) is 23.1 Å². The van der Waals surface area contributed by atoms with E-state index in [9.17, 15) is 20.4 Å². The second-order valence-corrected chi connectivity index (χ2v) is 5.41. The number of phenols is 4. The average molecular weight is 272 g/mol. The molecule has 4 heteroatoms. The Morgan fingerprint density at radius 1 is 0.800 bits per heavy atom. The van der Waals surface area contributed by atoms with E-state index in [1.807, 2.05) is 0 Å². The van der Waals surface area contributed by atoms with E-state index in [-0.39, 0.29) is 34.8 Å².